The number of hydrogen-bond acceptors (Lipinski definition) is 3. The van der Waals surface area contributed by atoms with E-state index in [-0.39, 0.29) is 11.8 Å². The van der Waals surface area contributed by atoms with Gasteiger partial charge in [0.25, 0.3) is 0 Å². The zero-order valence-corrected chi connectivity index (χ0v) is 13.1. The van der Waals surface area contributed by atoms with Crippen molar-refractivity contribution in [2.24, 2.45) is 0 Å². The highest BCUT2D eigenvalue weighted by Gasteiger charge is 2.10. The van der Waals surface area contributed by atoms with Gasteiger partial charge in [0, 0.05) is 23.1 Å². The highest BCUT2D eigenvalue weighted by Crippen LogP contribution is 2.16. The number of halogens is 2. The summed E-state index contributed by atoms with van der Waals surface area (Å²) in [7, 11) is 1.35. The molecule has 0 spiro atoms. The van der Waals surface area contributed by atoms with Crippen molar-refractivity contribution in [1.29, 1.82) is 0 Å². The Hall–Kier alpha value is -1.72. The number of methoxy groups -OCH3 is 1. The number of carbonyl (C=O) groups excluding carboxylic acids is 1. The molecule has 0 aliphatic heterocycles. The van der Waals surface area contributed by atoms with Crippen LogP contribution in [0.4, 0.5) is 4.39 Å². The Balaban J connectivity index is 2.04. The zero-order chi connectivity index (χ0) is 15.2. The quantitative estimate of drug-likeness (QED) is 0.835. The van der Waals surface area contributed by atoms with Crippen LogP contribution in [0, 0.1) is 5.82 Å². The van der Waals surface area contributed by atoms with Crippen molar-refractivity contribution >= 4 is 21.9 Å². The molecule has 0 aromatic heterocycles. The minimum Gasteiger partial charge on any atom is -0.465 e. The number of ether oxygens (including phenoxy) is 1. The van der Waals surface area contributed by atoms with Crippen LogP contribution < -0.4 is 5.32 Å². The van der Waals surface area contributed by atoms with Gasteiger partial charge in [-0.2, -0.15) is 0 Å². The summed E-state index contributed by atoms with van der Waals surface area (Å²) in [6.45, 7) is 0.831. The van der Waals surface area contributed by atoms with Gasteiger partial charge in [0.2, 0.25) is 0 Å². The van der Waals surface area contributed by atoms with E-state index < -0.39 is 0 Å². The van der Waals surface area contributed by atoms with Crippen molar-refractivity contribution in [2.75, 3.05) is 7.11 Å². The van der Waals surface area contributed by atoms with Crippen molar-refractivity contribution in [3.05, 3.63) is 69.4 Å². The molecule has 0 unspecified atom stereocenters. The number of carbonyl (C=O) groups is 1. The smallest absolute Gasteiger partial charge is 0.338 e. The van der Waals surface area contributed by atoms with E-state index in [9.17, 15) is 9.18 Å². The highest BCUT2D eigenvalue weighted by atomic mass is 79.9. The fourth-order valence-corrected chi connectivity index (χ4v) is 2.40. The fraction of sp³-hybridized carbons (Fsp3) is 0.188. The first-order chi connectivity index (χ1) is 10.1. The fourth-order valence-electron chi connectivity index (χ4n) is 1.99. The number of nitrogens with one attached hydrogen (secondary N) is 1. The lowest BCUT2D eigenvalue weighted by Crippen LogP contribution is -2.16. The third-order valence-corrected chi connectivity index (χ3v) is 3.55. The van der Waals surface area contributed by atoms with Crippen molar-refractivity contribution < 1.29 is 13.9 Å². The Kier molecular flexibility index (Phi) is 5.47. The second kappa shape index (κ2) is 7.33. The maximum atomic E-state index is 13.6. The van der Waals surface area contributed by atoms with E-state index in [2.05, 4.69) is 21.2 Å². The van der Waals surface area contributed by atoms with Crippen LogP contribution in [-0.4, -0.2) is 13.1 Å². The predicted octanol–water partition coefficient (Wildman–Crippen LogP) is 3.66. The standard InChI is InChI=1S/C16H15BrFNO2/c1-21-16(20)14-5-3-2-4-11(14)9-19-10-12-8-13(17)6-7-15(12)18/h2-8,19H,9-10H2,1H3. The Morgan fingerprint density at radius 2 is 1.90 bits per heavy atom. The summed E-state index contributed by atoms with van der Waals surface area (Å²) in [6, 6.07) is 12.0. The molecule has 3 nitrogen and oxygen atoms in total. The second-order valence-corrected chi connectivity index (χ2v) is 5.40. The lowest BCUT2D eigenvalue weighted by atomic mass is 10.1. The van der Waals surface area contributed by atoms with Gasteiger partial charge in [0.15, 0.2) is 0 Å². The molecule has 0 amide bonds. The number of benzene rings is 2. The molecular weight excluding hydrogens is 337 g/mol. The van der Waals surface area contributed by atoms with Gasteiger partial charge in [-0.15, -0.1) is 0 Å². The molecule has 1 N–H and O–H groups in total. The molecule has 0 atom stereocenters. The summed E-state index contributed by atoms with van der Waals surface area (Å²) < 4.78 is 19.2. The van der Waals surface area contributed by atoms with E-state index in [1.54, 1.807) is 24.3 Å². The van der Waals surface area contributed by atoms with Gasteiger partial charge in [0.1, 0.15) is 5.82 Å². The normalized spacial score (nSPS) is 10.4. The average molecular weight is 352 g/mol. The summed E-state index contributed by atoms with van der Waals surface area (Å²) in [6.07, 6.45) is 0. The lowest BCUT2D eigenvalue weighted by Gasteiger charge is -2.10. The van der Waals surface area contributed by atoms with E-state index in [1.807, 2.05) is 12.1 Å². The third kappa shape index (κ3) is 4.12. The molecule has 21 heavy (non-hydrogen) atoms. The first kappa shape index (κ1) is 15.7. The van der Waals surface area contributed by atoms with Crippen molar-refractivity contribution in [2.45, 2.75) is 13.1 Å². The molecule has 2 aromatic rings. The SMILES string of the molecule is COC(=O)c1ccccc1CNCc1cc(Br)ccc1F. The van der Waals surface area contributed by atoms with Crippen LogP contribution in [0.1, 0.15) is 21.5 Å². The van der Waals surface area contributed by atoms with E-state index >= 15 is 0 Å². The van der Waals surface area contributed by atoms with Crippen LogP contribution in [0.25, 0.3) is 0 Å². The van der Waals surface area contributed by atoms with Crippen LogP contribution in [0.3, 0.4) is 0 Å². The van der Waals surface area contributed by atoms with Crippen molar-refractivity contribution in [1.82, 2.24) is 5.32 Å². The summed E-state index contributed by atoms with van der Waals surface area (Å²) in [5.41, 5.74) is 1.90. The Morgan fingerprint density at radius 3 is 2.67 bits per heavy atom. The molecule has 5 heteroatoms. The van der Waals surface area contributed by atoms with E-state index in [0.29, 0.717) is 24.2 Å². The minimum absolute atomic E-state index is 0.257. The molecule has 2 aromatic carbocycles. The van der Waals surface area contributed by atoms with Gasteiger partial charge in [-0.3, -0.25) is 0 Å². The Labute approximate surface area is 131 Å². The average Bonchev–Trinajstić information content (AvgIpc) is 2.50. The van der Waals surface area contributed by atoms with Crippen LogP contribution in [0.5, 0.6) is 0 Å². The number of hydrogen-bond donors (Lipinski definition) is 1. The first-order valence-electron chi connectivity index (χ1n) is 6.42. The molecule has 2 rings (SSSR count). The van der Waals surface area contributed by atoms with Gasteiger partial charge < -0.3 is 10.1 Å². The van der Waals surface area contributed by atoms with Gasteiger partial charge in [-0.1, -0.05) is 34.1 Å². The molecule has 110 valence electrons. The lowest BCUT2D eigenvalue weighted by molar-refractivity contribution is 0.0599. The predicted molar refractivity (Wildman–Crippen MR) is 82.4 cm³/mol. The number of esters is 1. The Morgan fingerprint density at radius 1 is 1.19 bits per heavy atom. The van der Waals surface area contributed by atoms with Gasteiger partial charge in [-0.05, 0) is 29.8 Å². The van der Waals surface area contributed by atoms with Gasteiger partial charge in [-0.25, -0.2) is 9.18 Å². The zero-order valence-electron chi connectivity index (χ0n) is 11.5. The van der Waals surface area contributed by atoms with Crippen molar-refractivity contribution in [3.8, 4) is 0 Å². The number of rotatable bonds is 5. The molecule has 0 saturated heterocycles. The summed E-state index contributed by atoms with van der Waals surface area (Å²) in [5, 5.41) is 3.14. The molecule has 0 fully saturated rings. The molecule has 0 radical (unpaired) electrons. The molecular formula is C16H15BrFNO2. The maximum Gasteiger partial charge on any atom is 0.338 e. The monoisotopic (exact) mass is 351 g/mol. The van der Waals surface area contributed by atoms with E-state index in [0.717, 1.165) is 10.0 Å². The van der Waals surface area contributed by atoms with Crippen LogP contribution in [-0.2, 0) is 17.8 Å². The topological polar surface area (TPSA) is 38.3 Å². The second-order valence-electron chi connectivity index (χ2n) is 4.49. The Bertz CT molecular complexity index is 646. The maximum absolute atomic E-state index is 13.6. The van der Waals surface area contributed by atoms with Crippen LogP contribution in [0.2, 0.25) is 0 Å². The molecule has 0 bridgehead atoms. The summed E-state index contributed by atoms with van der Waals surface area (Å²) >= 11 is 3.32. The minimum atomic E-state index is -0.374. The van der Waals surface area contributed by atoms with Gasteiger partial charge >= 0.3 is 5.97 Å². The van der Waals surface area contributed by atoms with E-state index in [1.165, 1.54) is 13.2 Å². The molecule has 0 heterocycles. The first-order valence-corrected chi connectivity index (χ1v) is 7.22. The largest absolute Gasteiger partial charge is 0.465 e. The molecule has 0 saturated carbocycles. The molecule has 0 aliphatic rings. The summed E-state index contributed by atoms with van der Waals surface area (Å²) in [4.78, 5) is 11.6. The van der Waals surface area contributed by atoms with Crippen molar-refractivity contribution in [3.63, 3.8) is 0 Å². The van der Waals surface area contributed by atoms with E-state index in [4.69, 9.17) is 4.74 Å². The van der Waals surface area contributed by atoms with Gasteiger partial charge in [0.05, 0.1) is 12.7 Å². The highest BCUT2D eigenvalue weighted by molar-refractivity contribution is 9.10. The van der Waals surface area contributed by atoms with Crippen LogP contribution >= 0.6 is 15.9 Å². The molecule has 0 aliphatic carbocycles. The summed E-state index contributed by atoms with van der Waals surface area (Å²) in [5.74, 6) is -0.631. The third-order valence-electron chi connectivity index (χ3n) is 3.06. The van der Waals surface area contributed by atoms with Crippen LogP contribution in [0.15, 0.2) is 46.9 Å².